The number of nitrogens with one attached hydrogen (secondary N) is 3. The topological polar surface area (TPSA) is 196 Å². The minimum Gasteiger partial charge on any atom is -0.496 e. The van der Waals surface area contributed by atoms with Crippen molar-refractivity contribution < 1.29 is 51.3 Å². The first-order valence-electron chi connectivity index (χ1n) is 19.2. The highest BCUT2D eigenvalue weighted by molar-refractivity contribution is 7.90. The van der Waals surface area contributed by atoms with Crippen LogP contribution in [0, 0.1) is 11.8 Å². The molecule has 58 heavy (non-hydrogen) atoms. The summed E-state index contributed by atoms with van der Waals surface area (Å²) in [5.41, 5.74) is 1.22. The first-order chi connectivity index (χ1) is 27.5. The van der Waals surface area contributed by atoms with Gasteiger partial charge < -0.3 is 29.6 Å². The average Bonchev–Trinajstić information content (AvgIpc) is 3.66. The number of amides is 5. The van der Waals surface area contributed by atoms with Crippen LogP contribution in [0.5, 0.6) is 17.2 Å². The summed E-state index contributed by atoms with van der Waals surface area (Å²) in [7, 11) is 0.325. The number of carbonyl (C=O) groups is 5. The van der Waals surface area contributed by atoms with Crippen LogP contribution in [0.1, 0.15) is 82.1 Å². The fourth-order valence-electron chi connectivity index (χ4n) is 7.71. The van der Waals surface area contributed by atoms with E-state index in [-0.39, 0.29) is 56.9 Å². The van der Waals surface area contributed by atoms with Gasteiger partial charge in [0.05, 0.1) is 32.8 Å². The lowest BCUT2D eigenvalue weighted by atomic mass is 9.75. The van der Waals surface area contributed by atoms with Crippen molar-refractivity contribution in [2.75, 3.05) is 34.4 Å². The van der Waals surface area contributed by atoms with Crippen LogP contribution in [0.25, 0.3) is 0 Å². The molecule has 0 saturated heterocycles. The van der Waals surface area contributed by atoms with E-state index in [0.29, 0.717) is 48.9 Å². The lowest BCUT2D eigenvalue weighted by molar-refractivity contribution is -0.123. The SMILES string of the molecule is CCC1=C(C)CN(C(=O)NCCc2ccc(S(=O)(=O)NC(=O)NC3CCC(C)CC3)cc2)C1=O.COC1=CC(=O)C[C@@H](C)[C@]12Oc1c(Cl)c(OC)cc(OC)c1C2=O. The zero-order chi connectivity index (χ0) is 42.5. The van der Waals surface area contributed by atoms with Crippen LogP contribution in [-0.2, 0) is 30.8 Å². The molecule has 0 radical (unpaired) electrons. The number of methoxy groups -OCH3 is 3. The van der Waals surface area contributed by atoms with Crippen LogP contribution >= 0.6 is 11.6 Å². The normalized spacial score (nSPS) is 22.7. The van der Waals surface area contributed by atoms with Gasteiger partial charge >= 0.3 is 12.1 Å². The van der Waals surface area contributed by atoms with Gasteiger partial charge in [0.1, 0.15) is 22.1 Å². The first kappa shape index (κ1) is 44.0. The van der Waals surface area contributed by atoms with E-state index in [2.05, 4.69) is 22.3 Å². The molecule has 5 amide bonds. The van der Waals surface area contributed by atoms with E-state index < -0.39 is 33.6 Å². The molecule has 1 spiro atoms. The lowest BCUT2D eigenvalue weighted by Crippen LogP contribution is -2.51. The number of hydrogen-bond donors (Lipinski definition) is 3. The van der Waals surface area contributed by atoms with E-state index in [1.165, 1.54) is 50.5 Å². The summed E-state index contributed by atoms with van der Waals surface area (Å²) in [6.45, 7) is 8.30. The number of sulfonamides is 1. The minimum atomic E-state index is -3.98. The number of rotatable bonds is 10. The number of hydrogen-bond acceptors (Lipinski definition) is 11. The van der Waals surface area contributed by atoms with Gasteiger partial charge in [-0.2, -0.15) is 0 Å². The van der Waals surface area contributed by atoms with Gasteiger partial charge in [-0.15, -0.1) is 0 Å². The zero-order valence-corrected chi connectivity index (χ0v) is 35.4. The number of imide groups is 1. The van der Waals surface area contributed by atoms with E-state index in [0.717, 1.165) is 36.8 Å². The Morgan fingerprint density at radius 3 is 2.22 bits per heavy atom. The Hall–Kier alpha value is -5.09. The van der Waals surface area contributed by atoms with Crippen LogP contribution in [-0.4, -0.2) is 88.9 Å². The van der Waals surface area contributed by atoms with Gasteiger partial charge in [-0.1, -0.05) is 44.5 Å². The van der Waals surface area contributed by atoms with E-state index in [9.17, 15) is 32.4 Å². The predicted octanol–water partition coefficient (Wildman–Crippen LogP) is 5.88. The van der Waals surface area contributed by atoms with Gasteiger partial charge in [0, 0.05) is 42.6 Å². The molecule has 2 aliphatic carbocycles. The molecule has 2 aliphatic heterocycles. The number of urea groups is 2. The van der Waals surface area contributed by atoms with E-state index in [1.54, 1.807) is 19.1 Å². The van der Waals surface area contributed by atoms with Crippen molar-refractivity contribution in [3.05, 3.63) is 69.5 Å². The molecule has 2 aromatic rings. The second-order valence-corrected chi connectivity index (χ2v) is 17.0. The molecule has 2 heterocycles. The highest BCUT2D eigenvalue weighted by Gasteiger charge is 2.60. The molecule has 6 rings (SSSR count). The number of ether oxygens (including phenoxy) is 4. The molecule has 17 heteroatoms. The Labute approximate surface area is 343 Å². The third kappa shape index (κ3) is 8.97. The number of carbonyl (C=O) groups excluding carboxylic acids is 5. The number of nitrogens with zero attached hydrogens (tertiary/aromatic N) is 1. The molecule has 1 saturated carbocycles. The van der Waals surface area contributed by atoms with Gasteiger partial charge in [0.25, 0.3) is 15.9 Å². The van der Waals surface area contributed by atoms with Crippen molar-refractivity contribution in [3.63, 3.8) is 0 Å². The average molecular weight is 843 g/mol. The number of ketones is 2. The maximum atomic E-state index is 13.3. The fourth-order valence-corrected chi connectivity index (χ4v) is 8.89. The number of Topliss-reactive ketones (excluding diaryl/α,β-unsaturated/α-hetero) is 1. The summed E-state index contributed by atoms with van der Waals surface area (Å²) < 4.78 is 49.0. The smallest absolute Gasteiger partial charge is 0.328 e. The number of allylic oxidation sites excluding steroid dienone is 1. The highest BCUT2D eigenvalue weighted by Crippen LogP contribution is 2.54. The van der Waals surface area contributed by atoms with Crippen LogP contribution < -0.4 is 29.6 Å². The van der Waals surface area contributed by atoms with Crippen molar-refractivity contribution >= 4 is 51.2 Å². The molecule has 4 aliphatic rings. The molecule has 0 aromatic heterocycles. The number of benzene rings is 2. The quantitative estimate of drug-likeness (QED) is 0.258. The molecule has 0 unspecified atom stereocenters. The van der Waals surface area contributed by atoms with Crippen LogP contribution in [0.3, 0.4) is 0 Å². The number of fused-ring (bicyclic) bond motifs is 1. The maximum absolute atomic E-state index is 13.3. The molecule has 314 valence electrons. The van der Waals surface area contributed by atoms with Crippen molar-refractivity contribution in [2.45, 2.75) is 89.2 Å². The highest BCUT2D eigenvalue weighted by atomic mass is 35.5. The fraction of sp³-hybridized carbons (Fsp3) is 0.488. The van der Waals surface area contributed by atoms with Crippen molar-refractivity contribution in [3.8, 4) is 17.2 Å². The Bertz CT molecular complexity index is 2130. The van der Waals surface area contributed by atoms with Crippen LogP contribution in [0.15, 0.2) is 58.2 Å². The van der Waals surface area contributed by atoms with Crippen molar-refractivity contribution in [1.82, 2.24) is 20.3 Å². The Morgan fingerprint density at radius 2 is 1.64 bits per heavy atom. The van der Waals surface area contributed by atoms with E-state index >= 15 is 0 Å². The zero-order valence-electron chi connectivity index (χ0n) is 33.8. The Kier molecular flexibility index (Phi) is 13.8. The summed E-state index contributed by atoms with van der Waals surface area (Å²) in [4.78, 5) is 63.1. The summed E-state index contributed by atoms with van der Waals surface area (Å²) >= 11 is 6.33. The monoisotopic (exact) mass is 842 g/mol. The molecule has 2 atom stereocenters. The maximum Gasteiger partial charge on any atom is 0.328 e. The summed E-state index contributed by atoms with van der Waals surface area (Å²) in [5, 5.41) is 5.67. The lowest BCUT2D eigenvalue weighted by Gasteiger charge is -2.36. The molecule has 3 N–H and O–H groups in total. The van der Waals surface area contributed by atoms with E-state index in [1.807, 2.05) is 13.8 Å². The molecule has 2 aromatic carbocycles. The molecular formula is C41H51ClN4O11S. The van der Waals surface area contributed by atoms with Gasteiger partial charge in [0.2, 0.25) is 11.4 Å². The molecule has 1 fully saturated rings. The second-order valence-electron chi connectivity index (χ2n) is 14.9. The molecular weight excluding hydrogens is 792 g/mol. The minimum absolute atomic E-state index is 0.00639. The Morgan fingerprint density at radius 1 is 0.983 bits per heavy atom. The number of halogens is 1. The Balaban J connectivity index is 0.000000234. The van der Waals surface area contributed by atoms with Crippen molar-refractivity contribution in [1.29, 1.82) is 0 Å². The van der Waals surface area contributed by atoms with Gasteiger partial charge in [-0.3, -0.25) is 19.3 Å². The molecule has 15 nitrogen and oxygen atoms in total. The summed E-state index contributed by atoms with van der Waals surface area (Å²) in [6.07, 6.45) is 6.28. The summed E-state index contributed by atoms with van der Waals surface area (Å²) in [6, 6.07) is 6.53. The standard InChI is InChI=1S/C24H34N4O5S.C17H17ClO6/c1-4-21-17(3)15-28(22(21)29)24(31)25-14-13-18-7-11-20(12-8-18)34(32,33)27-23(30)26-19-9-5-16(2)6-10-19;1-8-5-9(19)6-12(23-4)17(8)16(20)13-10(21-2)7-11(22-3)14(18)15(13)24-17/h7-8,11-12,16,19H,4-6,9-10,13-15H2,1-3H3,(H,25,31)(H2,26,27,30);6-8H,5H2,1-4H3/t;8-,17+/m.1/s1. The van der Waals surface area contributed by atoms with E-state index in [4.69, 9.17) is 30.5 Å². The predicted molar refractivity (Wildman–Crippen MR) is 215 cm³/mol. The molecule has 0 bridgehead atoms. The van der Waals surface area contributed by atoms with Crippen LogP contribution in [0.4, 0.5) is 9.59 Å². The van der Waals surface area contributed by atoms with Crippen LogP contribution in [0.2, 0.25) is 5.02 Å². The summed E-state index contributed by atoms with van der Waals surface area (Å²) in [5.74, 6) is 0.492. The third-order valence-corrected chi connectivity index (χ3v) is 12.7. The van der Waals surface area contributed by atoms with Gasteiger partial charge in [0.15, 0.2) is 17.3 Å². The van der Waals surface area contributed by atoms with Gasteiger partial charge in [-0.05, 0) is 74.6 Å². The van der Waals surface area contributed by atoms with Crippen molar-refractivity contribution in [2.24, 2.45) is 11.8 Å². The largest absolute Gasteiger partial charge is 0.496 e. The third-order valence-electron chi connectivity index (χ3n) is 11.0. The van der Waals surface area contributed by atoms with Gasteiger partial charge in [-0.25, -0.2) is 22.7 Å². The first-order valence-corrected chi connectivity index (χ1v) is 21.0. The second kappa shape index (κ2) is 18.2.